The first-order valence-electron chi connectivity index (χ1n) is 7.81. The summed E-state index contributed by atoms with van der Waals surface area (Å²) in [6.07, 6.45) is 1.56. The van der Waals surface area contributed by atoms with Gasteiger partial charge in [0.1, 0.15) is 11.2 Å². The molecule has 4 N–H and O–H groups in total. The molecule has 12 heteroatoms. The zero-order valence-corrected chi connectivity index (χ0v) is 15.3. The summed E-state index contributed by atoms with van der Waals surface area (Å²) in [6.45, 7) is 0. The lowest BCUT2D eigenvalue weighted by Gasteiger charge is -2.01. The van der Waals surface area contributed by atoms with Crippen LogP contribution in [-0.2, 0) is 17.1 Å². The van der Waals surface area contributed by atoms with Crippen molar-refractivity contribution in [2.24, 2.45) is 22.4 Å². The predicted octanol–water partition coefficient (Wildman–Crippen LogP) is -1.48. The van der Waals surface area contributed by atoms with Crippen molar-refractivity contribution in [1.82, 2.24) is 9.78 Å². The van der Waals surface area contributed by atoms with E-state index in [2.05, 4.69) is 26.2 Å². The molecule has 0 spiro atoms. The van der Waals surface area contributed by atoms with Crippen molar-refractivity contribution in [3.05, 3.63) is 79.8 Å². The van der Waals surface area contributed by atoms with Crippen molar-refractivity contribution in [2.75, 3.05) is 10.9 Å². The Labute approximate surface area is 158 Å². The number of primary sulfonamides is 1. The number of nitrogens with one attached hydrogen (secondary N) is 2. The SMILES string of the molecule is Cn1nccc1NN=c1ccc(=O)c(=NNc2ccc(S(N)(=O)=O)cc2)c1=O. The van der Waals surface area contributed by atoms with Crippen molar-refractivity contribution in [2.45, 2.75) is 4.90 Å². The molecule has 11 nitrogen and oxygen atoms in total. The Balaban J connectivity index is 1.92. The van der Waals surface area contributed by atoms with Crippen LogP contribution in [0.4, 0.5) is 11.5 Å². The van der Waals surface area contributed by atoms with Gasteiger partial charge in [0, 0.05) is 13.1 Å². The Morgan fingerprint density at radius 1 is 1.00 bits per heavy atom. The van der Waals surface area contributed by atoms with E-state index in [1.54, 1.807) is 19.3 Å². The summed E-state index contributed by atoms with van der Waals surface area (Å²) in [5.41, 5.74) is 4.33. The molecule has 0 aliphatic carbocycles. The Hall–Kier alpha value is -3.64. The zero-order chi connectivity index (χ0) is 20.3. The van der Waals surface area contributed by atoms with Gasteiger partial charge in [-0.1, -0.05) is 0 Å². The van der Waals surface area contributed by atoms with Crippen LogP contribution in [0.5, 0.6) is 0 Å². The number of nitrogens with two attached hydrogens (primary N) is 1. The average Bonchev–Trinajstić information content (AvgIpc) is 3.05. The van der Waals surface area contributed by atoms with E-state index in [4.69, 9.17) is 5.14 Å². The Kier molecular flexibility index (Phi) is 5.15. The van der Waals surface area contributed by atoms with Gasteiger partial charge in [0.2, 0.25) is 20.9 Å². The quantitative estimate of drug-likeness (QED) is 0.439. The fourth-order valence-corrected chi connectivity index (χ4v) is 2.69. The number of nitrogens with zero attached hydrogens (tertiary/aromatic N) is 4. The second kappa shape index (κ2) is 7.54. The molecule has 3 aromatic rings. The van der Waals surface area contributed by atoms with Gasteiger partial charge in [-0.25, -0.2) is 13.6 Å². The zero-order valence-electron chi connectivity index (χ0n) is 14.5. The minimum atomic E-state index is -3.82. The minimum absolute atomic E-state index is 0.00840. The van der Waals surface area contributed by atoms with Gasteiger partial charge in [-0.15, -0.1) is 0 Å². The standard InChI is InChI=1S/C16H15N7O4S/c1-23-14(8-9-18-23)21-20-12-6-7-13(24)15(16(12)25)22-19-10-2-4-11(5-3-10)28(17,26)27/h2-9,19,21H,1H3,(H2,17,26,27). The summed E-state index contributed by atoms with van der Waals surface area (Å²) < 4.78 is 24.0. The maximum Gasteiger partial charge on any atom is 0.238 e. The molecule has 0 unspecified atom stereocenters. The highest BCUT2D eigenvalue weighted by Gasteiger charge is 2.06. The third kappa shape index (κ3) is 4.19. The van der Waals surface area contributed by atoms with Crippen LogP contribution in [0, 0.1) is 0 Å². The van der Waals surface area contributed by atoms with Gasteiger partial charge in [-0.2, -0.15) is 15.3 Å². The first-order chi connectivity index (χ1) is 13.3. The average molecular weight is 401 g/mol. The lowest BCUT2D eigenvalue weighted by Crippen LogP contribution is -2.48. The van der Waals surface area contributed by atoms with Crippen molar-refractivity contribution >= 4 is 21.5 Å². The maximum absolute atomic E-state index is 12.5. The molecule has 3 rings (SSSR count). The minimum Gasteiger partial charge on any atom is -0.287 e. The van der Waals surface area contributed by atoms with E-state index in [-0.39, 0.29) is 15.6 Å². The molecule has 0 saturated heterocycles. The van der Waals surface area contributed by atoms with Crippen molar-refractivity contribution < 1.29 is 8.42 Å². The van der Waals surface area contributed by atoms with Crippen LogP contribution < -0.4 is 37.6 Å². The highest BCUT2D eigenvalue weighted by Crippen LogP contribution is 2.12. The van der Waals surface area contributed by atoms with Crippen LogP contribution in [0.3, 0.4) is 0 Å². The van der Waals surface area contributed by atoms with Crippen LogP contribution in [0.15, 0.2) is 73.3 Å². The number of sulfonamides is 1. The van der Waals surface area contributed by atoms with Crippen molar-refractivity contribution in [3.8, 4) is 0 Å². The van der Waals surface area contributed by atoms with E-state index in [9.17, 15) is 18.0 Å². The second-order valence-electron chi connectivity index (χ2n) is 5.62. The van der Waals surface area contributed by atoms with E-state index in [1.165, 1.54) is 41.1 Å². The van der Waals surface area contributed by atoms with Gasteiger partial charge in [0.05, 0.1) is 16.8 Å². The van der Waals surface area contributed by atoms with E-state index in [0.717, 1.165) is 0 Å². The number of hydrogen-bond donors (Lipinski definition) is 3. The lowest BCUT2D eigenvalue weighted by molar-refractivity contribution is 0.598. The molecular weight excluding hydrogens is 386 g/mol. The summed E-state index contributed by atoms with van der Waals surface area (Å²) in [7, 11) is -2.12. The van der Waals surface area contributed by atoms with Crippen LogP contribution in [0.25, 0.3) is 0 Å². The van der Waals surface area contributed by atoms with Gasteiger partial charge in [0.25, 0.3) is 0 Å². The summed E-state index contributed by atoms with van der Waals surface area (Å²) in [5.74, 6) is 0.553. The fourth-order valence-electron chi connectivity index (χ4n) is 2.18. The Bertz CT molecular complexity index is 1340. The first-order valence-corrected chi connectivity index (χ1v) is 9.36. The Morgan fingerprint density at radius 2 is 1.71 bits per heavy atom. The largest absolute Gasteiger partial charge is 0.287 e. The molecule has 0 aliphatic heterocycles. The van der Waals surface area contributed by atoms with Crippen LogP contribution >= 0.6 is 0 Å². The normalized spacial score (nSPS) is 12.9. The first kappa shape index (κ1) is 19.1. The molecule has 0 fully saturated rings. The molecule has 1 heterocycles. The number of hydrogen-bond acceptors (Lipinski definition) is 9. The highest BCUT2D eigenvalue weighted by molar-refractivity contribution is 7.89. The number of rotatable bonds is 5. The highest BCUT2D eigenvalue weighted by atomic mass is 32.2. The van der Waals surface area contributed by atoms with Crippen molar-refractivity contribution in [1.29, 1.82) is 0 Å². The van der Waals surface area contributed by atoms with Gasteiger partial charge in [-0.3, -0.25) is 25.1 Å². The topological polar surface area (TPSA) is 161 Å². The third-order valence-corrected chi connectivity index (χ3v) is 4.59. The summed E-state index contributed by atoms with van der Waals surface area (Å²) in [6, 6.07) is 9.46. The number of aryl methyl sites for hydroxylation is 1. The molecule has 0 aliphatic rings. The third-order valence-electron chi connectivity index (χ3n) is 3.67. The number of benzene rings is 2. The summed E-state index contributed by atoms with van der Waals surface area (Å²) >= 11 is 0. The fraction of sp³-hybridized carbons (Fsp3) is 0.0625. The molecule has 0 atom stereocenters. The molecule has 28 heavy (non-hydrogen) atoms. The molecule has 144 valence electrons. The van der Waals surface area contributed by atoms with E-state index < -0.39 is 20.9 Å². The van der Waals surface area contributed by atoms with E-state index in [1.807, 2.05) is 0 Å². The van der Waals surface area contributed by atoms with Crippen molar-refractivity contribution in [3.63, 3.8) is 0 Å². The molecule has 0 saturated carbocycles. The second-order valence-corrected chi connectivity index (χ2v) is 7.18. The van der Waals surface area contributed by atoms with Crippen LogP contribution in [0.1, 0.15) is 0 Å². The Morgan fingerprint density at radius 3 is 2.32 bits per heavy atom. The smallest absolute Gasteiger partial charge is 0.238 e. The number of anilines is 2. The van der Waals surface area contributed by atoms with Crippen LogP contribution in [-0.4, -0.2) is 18.2 Å². The molecule has 1 aromatic heterocycles. The van der Waals surface area contributed by atoms with Gasteiger partial charge in [0.15, 0.2) is 5.36 Å². The van der Waals surface area contributed by atoms with Crippen LogP contribution in [0.2, 0.25) is 0 Å². The molecule has 0 radical (unpaired) electrons. The molecule has 0 bridgehead atoms. The van der Waals surface area contributed by atoms with E-state index in [0.29, 0.717) is 11.5 Å². The van der Waals surface area contributed by atoms with Gasteiger partial charge < -0.3 is 0 Å². The molecular formula is C16H15N7O4S. The van der Waals surface area contributed by atoms with Gasteiger partial charge in [-0.05, 0) is 36.4 Å². The number of aromatic nitrogens is 2. The maximum atomic E-state index is 12.5. The molecule has 2 aromatic carbocycles. The predicted molar refractivity (Wildman–Crippen MR) is 101 cm³/mol. The lowest BCUT2D eigenvalue weighted by atomic mass is 10.3. The van der Waals surface area contributed by atoms with E-state index >= 15 is 0 Å². The molecule has 0 amide bonds. The summed E-state index contributed by atoms with van der Waals surface area (Å²) in [4.78, 5) is 24.4. The van der Waals surface area contributed by atoms with Gasteiger partial charge >= 0.3 is 0 Å². The monoisotopic (exact) mass is 401 g/mol. The summed E-state index contributed by atoms with van der Waals surface area (Å²) in [5, 5.41) is 16.4.